The monoisotopic (exact) mass is 481 g/mol. The number of nitrogens with zero attached hydrogens (tertiary/aromatic N) is 2. The largest absolute Gasteiger partial charge is 0.493 e. The lowest BCUT2D eigenvalue weighted by molar-refractivity contribution is 0.0722. The summed E-state index contributed by atoms with van der Waals surface area (Å²) in [5, 5.41) is 8.18. The van der Waals surface area contributed by atoms with Crippen LogP contribution in [0.4, 0.5) is 0 Å². The van der Waals surface area contributed by atoms with Crippen LogP contribution in [0, 0.1) is 11.8 Å². The van der Waals surface area contributed by atoms with Crippen LogP contribution in [0.25, 0.3) is 11.3 Å². The van der Waals surface area contributed by atoms with Crippen LogP contribution >= 0.6 is 11.6 Å². The summed E-state index contributed by atoms with van der Waals surface area (Å²) >= 11 is 6.10. The molecule has 0 spiro atoms. The summed E-state index contributed by atoms with van der Waals surface area (Å²) in [6.07, 6.45) is 0.965. The maximum atomic E-state index is 13.4. The van der Waals surface area contributed by atoms with Gasteiger partial charge in [0, 0.05) is 22.7 Å². The van der Waals surface area contributed by atoms with Gasteiger partial charge in [0.1, 0.15) is 5.69 Å². The summed E-state index contributed by atoms with van der Waals surface area (Å²) in [7, 11) is 1.64. The van der Waals surface area contributed by atoms with Gasteiger partial charge in [0.05, 0.1) is 25.5 Å². The van der Waals surface area contributed by atoms with Crippen molar-refractivity contribution in [3.63, 3.8) is 0 Å². The van der Waals surface area contributed by atoms with Gasteiger partial charge in [0.2, 0.25) is 0 Å². The SMILES string of the molecule is COc1cc(C2c3c(-c4ccc(Cl)cc4)n[nH]c3C(=O)N2CC(C)C)ccc1OCCC(C)C. The Labute approximate surface area is 206 Å². The number of nitrogens with one attached hydrogen (secondary N) is 1. The van der Waals surface area contributed by atoms with Crippen LogP contribution in [0.1, 0.15) is 61.8 Å². The Morgan fingerprint density at radius 1 is 1.06 bits per heavy atom. The van der Waals surface area contributed by atoms with Gasteiger partial charge in [-0.05, 0) is 48.1 Å². The first-order valence-electron chi connectivity index (χ1n) is 11.8. The van der Waals surface area contributed by atoms with E-state index >= 15 is 0 Å². The first kappa shape index (κ1) is 24.1. The number of carbonyl (C=O) groups is 1. The summed E-state index contributed by atoms with van der Waals surface area (Å²) in [5.74, 6) is 2.19. The van der Waals surface area contributed by atoms with Crippen molar-refractivity contribution in [1.82, 2.24) is 15.1 Å². The van der Waals surface area contributed by atoms with Crippen LogP contribution in [-0.4, -0.2) is 41.3 Å². The van der Waals surface area contributed by atoms with Gasteiger partial charge >= 0.3 is 0 Å². The number of H-pyrrole nitrogens is 1. The summed E-state index contributed by atoms with van der Waals surface area (Å²) < 4.78 is 11.7. The molecular formula is C27H32ClN3O3. The van der Waals surface area contributed by atoms with Gasteiger partial charge in [-0.3, -0.25) is 9.89 Å². The van der Waals surface area contributed by atoms with Gasteiger partial charge in [0.15, 0.2) is 11.5 Å². The van der Waals surface area contributed by atoms with Crippen LogP contribution in [0.3, 0.4) is 0 Å². The number of hydrogen-bond acceptors (Lipinski definition) is 4. The Morgan fingerprint density at radius 3 is 2.44 bits per heavy atom. The van der Waals surface area contributed by atoms with Crippen molar-refractivity contribution in [3.8, 4) is 22.8 Å². The Balaban J connectivity index is 1.77. The number of rotatable bonds is 9. The molecule has 1 N–H and O–H groups in total. The molecule has 0 saturated heterocycles. The number of halogens is 1. The molecule has 3 aromatic rings. The van der Waals surface area contributed by atoms with Crippen molar-refractivity contribution in [3.05, 3.63) is 64.3 Å². The molecule has 1 aliphatic heterocycles. The number of benzene rings is 2. The van der Waals surface area contributed by atoms with E-state index in [-0.39, 0.29) is 11.9 Å². The second kappa shape index (κ2) is 10.1. The lowest BCUT2D eigenvalue weighted by atomic mass is 9.95. The molecule has 0 aliphatic carbocycles. The van der Waals surface area contributed by atoms with Crippen LogP contribution in [0.5, 0.6) is 11.5 Å². The molecule has 2 aromatic carbocycles. The number of amides is 1. The van der Waals surface area contributed by atoms with Gasteiger partial charge in [-0.1, -0.05) is 57.5 Å². The molecule has 7 heteroatoms. The zero-order valence-corrected chi connectivity index (χ0v) is 21.1. The zero-order valence-electron chi connectivity index (χ0n) is 20.4. The summed E-state index contributed by atoms with van der Waals surface area (Å²) in [5.41, 5.74) is 4.03. The fourth-order valence-electron chi connectivity index (χ4n) is 4.33. The van der Waals surface area contributed by atoms with Crippen molar-refractivity contribution in [2.24, 2.45) is 11.8 Å². The smallest absolute Gasteiger partial charge is 0.273 e. The fraction of sp³-hybridized carbons (Fsp3) is 0.407. The summed E-state index contributed by atoms with van der Waals surface area (Å²) in [4.78, 5) is 15.3. The van der Waals surface area contributed by atoms with E-state index < -0.39 is 0 Å². The molecule has 1 aromatic heterocycles. The van der Waals surface area contributed by atoms with Crippen LogP contribution in [0.15, 0.2) is 42.5 Å². The number of carbonyl (C=O) groups excluding carboxylic acids is 1. The maximum absolute atomic E-state index is 13.4. The lowest BCUT2D eigenvalue weighted by Gasteiger charge is -2.28. The Morgan fingerprint density at radius 2 is 1.79 bits per heavy atom. The number of fused-ring (bicyclic) bond motifs is 1. The predicted octanol–water partition coefficient (Wildman–Crippen LogP) is 6.36. The maximum Gasteiger partial charge on any atom is 0.273 e. The molecule has 0 radical (unpaired) electrons. The third-order valence-corrected chi connectivity index (χ3v) is 6.25. The van der Waals surface area contributed by atoms with Crippen LogP contribution in [0.2, 0.25) is 5.02 Å². The van der Waals surface area contributed by atoms with E-state index in [1.807, 2.05) is 47.4 Å². The van der Waals surface area contributed by atoms with E-state index in [9.17, 15) is 4.79 Å². The van der Waals surface area contributed by atoms with E-state index in [4.69, 9.17) is 21.1 Å². The number of hydrogen-bond donors (Lipinski definition) is 1. The van der Waals surface area contributed by atoms with E-state index in [1.165, 1.54) is 0 Å². The molecule has 0 saturated carbocycles. The van der Waals surface area contributed by atoms with E-state index in [0.29, 0.717) is 47.2 Å². The van der Waals surface area contributed by atoms with Gasteiger partial charge < -0.3 is 14.4 Å². The zero-order chi connectivity index (χ0) is 24.4. The molecule has 180 valence electrons. The second-order valence-electron chi connectivity index (χ2n) is 9.56. The third kappa shape index (κ3) is 4.78. The standard InChI is InChI=1S/C27H32ClN3O3/c1-16(2)12-13-34-21-11-8-19(14-22(21)33-5)26-23-24(18-6-9-20(28)10-7-18)29-30-25(23)27(32)31(26)15-17(3)4/h6-11,14,16-17,26H,12-13,15H2,1-5H3,(H,29,30). The van der Waals surface area contributed by atoms with Crippen molar-refractivity contribution < 1.29 is 14.3 Å². The number of methoxy groups -OCH3 is 1. The fourth-order valence-corrected chi connectivity index (χ4v) is 4.46. The van der Waals surface area contributed by atoms with Crippen LogP contribution < -0.4 is 9.47 Å². The lowest BCUT2D eigenvalue weighted by Crippen LogP contribution is -2.32. The van der Waals surface area contributed by atoms with E-state index in [0.717, 1.165) is 28.8 Å². The third-order valence-electron chi connectivity index (χ3n) is 6.00. The topological polar surface area (TPSA) is 67.5 Å². The van der Waals surface area contributed by atoms with E-state index in [2.05, 4.69) is 37.9 Å². The number of ether oxygens (including phenoxy) is 2. The minimum Gasteiger partial charge on any atom is -0.493 e. The molecule has 4 rings (SSSR count). The Kier molecular flexibility index (Phi) is 7.17. The normalized spacial score (nSPS) is 15.4. The van der Waals surface area contributed by atoms with Crippen molar-refractivity contribution >= 4 is 17.5 Å². The molecule has 0 bridgehead atoms. The van der Waals surface area contributed by atoms with Gasteiger partial charge in [0.25, 0.3) is 5.91 Å². The first-order valence-corrected chi connectivity index (χ1v) is 12.1. The molecular weight excluding hydrogens is 450 g/mol. The second-order valence-corrected chi connectivity index (χ2v) is 10.00. The van der Waals surface area contributed by atoms with E-state index in [1.54, 1.807) is 7.11 Å². The Bertz CT molecular complexity index is 1150. The number of aromatic nitrogens is 2. The summed E-state index contributed by atoms with van der Waals surface area (Å²) in [6, 6.07) is 13.2. The highest BCUT2D eigenvalue weighted by molar-refractivity contribution is 6.30. The highest BCUT2D eigenvalue weighted by atomic mass is 35.5. The summed E-state index contributed by atoms with van der Waals surface area (Å²) in [6.45, 7) is 9.82. The quantitative estimate of drug-likeness (QED) is 0.386. The van der Waals surface area contributed by atoms with Crippen molar-refractivity contribution in [1.29, 1.82) is 0 Å². The molecule has 6 nitrogen and oxygen atoms in total. The minimum atomic E-state index is -0.284. The van der Waals surface area contributed by atoms with Crippen molar-refractivity contribution in [2.45, 2.75) is 40.2 Å². The van der Waals surface area contributed by atoms with Gasteiger partial charge in [-0.2, -0.15) is 5.10 Å². The molecule has 34 heavy (non-hydrogen) atoms. The molecule has 1 aliphatic rings. The number of aromatic amines is 1. The average molecular weight is 482 g/mol. The average Bonchev–Trinajstić information content (AvgIpc) is 3.33. The first-order chi connectivity index (χ1) is 16.3. The molecule has 1 atom stereocenters. The highest BCUT2D eigenvalue weighted by Crippen LogP contribution is 2.45. The molecule has 1 amide bonds. The van der Waals surface area contributed by atoms with Gasteiger partial charge in [-0.15, -0.1) is 0 Å². The molecule has 1 unspecified atom stereocenters. The van der Waals surface area contributed by atoms with Crippen molar-refractivity contribution in [2.75, 3.05) is 20.3 Å². The highest BCUT2D eigenvalue weighted by Gasteiger charge is 2.42. The van der Waals surface area contributed by atoms with Gasteiger partial charge in [-0.25, -0.2) is 0 Å². The molecule has 0 fully saturated rings. The molecule has 2 heterocycles. The predicted molar refractivity (Wildman–Crippen MR) is 135 cm³/mol. The van der Waals surface area contributed by atoms with Crippen LogP contribution in [-0.2, 0) is 0 Å². The minimum absolute atomic E-state index is 0.0439. The Hall–Kier alpha value is -2.99.